The summed E-state index contributed by atoms with van der Waals surface area (Å²) in [7, 11) is 0. The van der Waals surface area contributed by atoms with E-state index in [1.807, 2.05) is 0 Å². The van der Waals surface area contributed by atoms with Gasteiger partial charge in [-0.1, -0.05) is 0 Å². The van der Waals surface area contributed by atoms with Crippen LogP contribution in [-0.4, -0.2) is 51.3 Å². The van der Waals surface area contributed by atoms with Gasteiger partial charge >= 0.3 is 29.6 Å². The zero-order valence-electron chi connectivity index (χ0n) is 7.25. The van der Waals surface area contributed by atoms with Gasteiger partial charge in [-0.3, -0.25) is 0 Å². The summed E-state index contributed by atoms with van der Waals surface area (Å²) in [4.78, 5) is 9.93. The number of carboxylic acids is 1. The normalized spacial score (nSPS) is 16.9. The number of hydrogen-bond acceptors (Lipinski definition) is 6. The minimum absolute atomic E-state index is 0. The van der Waals surface area contributed by atoms with E-state index in [4.69, 9.17) is 20.4 Å². The third kappa shape index (κ3) is 6.39. The van der Waals surface area contributed by atoms with Crippen molar-refractivity contribution < 1.29 is 59.9 Å². The second kappa shape index (κ2) is 7.69. The van der Waals surface area contributed by atoms with Crippen molar-refractivity contribution in [3.8, 4) is 0 Å². The molecule has 72 valence electrons. The van der Waals surface area contributed by atoms with Crippen molar-refractivity contribution >= 4 is 5.97 Å². The Kier molecular flexibility index (Phi) is 9.33. The van der Waals surface area contributed by atoms with E-state index in [-0.39, 0.29) is 29.6 Å². The summed E-state index contributed by atoms with van der Waals surface area (Å²) in [5.41, 5.74) is 0. The van der Waals surface area contributed by atoms with E-state index in [2.05, 4.69) is 0 Å². The van der Waals surface area contributed by atoms with Gasteiger partial charge in [0.1, 0.15) is 6.10 Å². The number of aliphatic hydroxyl groups excluding tert-OH is 4. The van der Waals surface area contributed by atoms with Crippen LogP contribution in [-0.2, 0) is 4.79 Å². The van der Waals surface area contributed by atoms with Crippen molar-refractivity contribution in [2.45, 2.75) is 24.7 Å². The van der Waals surface area contributed by atoms with Gasteiger partial charge < -0.3 is 30.3 Å². The fraction of sp³-hybridized carbons (Fsp3) is 0.833. The smallest absolute Gasteiger partial charge is 0.547 e. The molecule has 0 heterocycles. The summed E-state index contributed by atoms with van der Waals surface area (Å²) in [5, 5.41) is 44.5. The van der Waals surface area contributed by atoms with Crippen molar-refractivity contribution in [3.63, 3.8) is 0 Å². The van der Waals surface area contributed by atoms with Gasteiger partial charge in [-0.05, 0) is 0 Å². The van der Waals surface area contributed by atoms with Gasteiger partial charge in [-0.25, -0.2) is 0 Å². The Labute approximate surface area is 97.1 Å². The molecule has 0 radical (unpaired) electrons. The van der Waals surface area contributed by atoms with Gasteiger partial charge in [0.15, 0.2) is 0 Å². The predicted octanol–water partition coefficient (Wildman–Crippen LogP) is -6.79. The average molecular weight is 202 g/mol. The van der Waals surface area contributed by atoms with Crippen LogP contribution in [0.15, 0.2) is 0 Å². The Morgan fingerprint density at radius 2 is 1.69 bits per heavy atom. The minimum atomic E-state index is -1.83. The van der Waals surface area contributed by atoms with Crippen LogP contribution in [0, 0.1) is 0 Å². The first kappa shape index (κ1) is 15.8. The van der Waals surface area contributed by atoms with E-state index in [0.29, 0.717) is 0 Å². The maximum absolute atomic E-state index is 9.93. The molecule has 0 saturated heterocycles. The zero-order valence-corrected chi connectivity index (χ0v) is 9.25. The van der Waals surface area contributed by atoms with Crippen molar-refractivity contribution in [1.82, 2.24) is 0 Å². The van der Waals surface area contributed by atoms with Crippen molar-refractivity contribution in [1.29, 1.82) is 0 Å². The number of carboxylic acid groups (broad SMARTS) is 1. The molecule has 6 nitrogen and oxygen atoms in total. The summed E-state index contributed by atoms with van der Waals surface area (Å²) >= 11 is 0. The molecule has 0 aromatic heterocycles. The SMILES string of the molecule is O=C([O-])C(O)CC(O)C(O)CO.[Na+]. The van der Waals surface area contributed by atoms with Crippen molar-refractivity contribution in [2.24, 2.45) is 0 Å². The summed E-state index contributed by atoms with van der Waals surface area (Å²) in [5.74, 6) is -1.72. The Balaban J connectivity index is 0. The van der Waals surface area contributed by atoms with Crippen LogP contribution < -0.4 is 34.7 Å². The molecular weight excluding hydrogens is 191 g/mol. The molecule has 0 saturated carbocycles. The van der Waals surface area contributed by atoms with Gasteiger partial charge in [0.25, 0.3) is 0 Å². The molecule has 0 aliphatic rings. The fourth-order valence-electron chi connectivity index (χ4n) is 0.604. The van der Waals surface area contributed by atoms with E-state index in [1.54, 1.807) is 0 Å². The summed E-state index contributed by atoms with van der Waals surface area (Å²) in [6.45, 7) is -0.694. The van der Waals surface area contributed by atoms with Crippen LogP contribution in [0.25, 0.3) is 0 Å². The van der Waals surface area contributed by atoms with E-state index in [0.717, 1.165) is 0 Å². The van der Waals surface area contributed by atoms with E-state index >= 15 is 0 Å². The van der Waals surface area contributed by atoms with Crippen molar-refractivity contribution in [3.05, 3.63) is 0 Å². The second-order valence-corrected chi connectivity index (χ2v) is 2.39. The second-order valence-electron chi connectivity index (χ2n) is 2.39. The number of aliphatic carboxylic acids is 1. The zero-order chi connectivity index (χ0) is 9.72. The molecule has 13 heavy (non-hydrogen) atoms. The molecule has 3 atom stereocenters. The third-order valence-corrected chi connectivity index (χ3v) is 1.37. The molecule has 0 aliphatic carbocycles. The Bertz CT molecular complexity index is 152. The summed E-state index contributed by atoms with van der Waals surface area (Å²) < 4.78 is 0. The molecule has 0 spiro atoms. The molecule has 0 aromatic carbocycles. The Morgan fingerprint density at radius 3 is 2.00 bits per heavy atom. The van der Waals surface area contributed by atoms with Crippen LogP contribution >= 0.6 is 0 Å². The molecule has 7 heteroatoms. The Hall–Kier alpha value is 0.310. The van der Waals surface area contributed by atoms with E-state index in [9.17, 15) is 9.90 Å². The van der Waals surface area contributed by atoms with Crippen LogP contribution in [0.3, 0.4) is 0 Å². The van der Waals surface area contributed by atoms with Crippen LogP contribution in [0.5, 0.6) is 0 Å². The molecule has 4 N–H and O–H groups in total. The topological polar surface area (TPSA) is 121 Å². The van der Waals surface area contributed by atoms with E-state index in [1.165, 1.54) is 0 Å². The molecule has 0 aromatic rings. The maximum atomic E-state index is 9.93. The fourth-order valence-corrected chi connectivity index (χ4v) is 0.604. The van der Waals surface area contributed by atoms with Gasteiger partial charge in [0.2, 0.25) is 0 Å². The predicted molar refractivity (Wildman–Crippen MR) is 34.7 cm³/mol. The summed E-state index contributed by atoms with van der Waals surface area (Å²) in [6.07, 6.45) is -5.31. The average Bonchev–Trinajstić information content (AvgIpc) is 2.02. The van der Waals surface area contributed by atoms with Gasteiger partial charge in [-0.2, -0.15) is 0 Å². The standard InChI is InChI=1S/C6H12O6.Na/c7-2-5(10)3(8)1-4(9)6(11)12;/h3-5,7-10H,1-2H2,(H,11,12);/q;+1/p-1. The van der Waals surface area contributed by atoms with Gasteiger partial charge in [-0.15, -0.1) is 0 Å². The molecule has 0 bridgehead atoms. The molecular formula is C6H11NaO6. The van der Waals surface area contributed by atoms with Crippen molar-refractivity contribution in [2.75, 3.05) is 6.61 Å². The number of carbonyl (C=O) groups excluding carboxylic acids is 1. The van der Waals surface area contributed by atoms with Crippen LogP contribution in [0.4, 0.5) is 0 Å². The first-order valence-corrected chi connectivity index (χ1v) is 3.35. The molecule has 0 amide bonds. The summed E-state index contributed by atoms with van der Waals surface area (Å²) in [6, 6.07) is 0. The number of rotatable bonds is 5. The first-order valence-electron chi connectivity index (χ1n) is 3.35. The first-order chi connectivity index (χ1) is 5.49. The molecule has 0 fully saturated rings. The van der Waals surface area contributed by atoms with Gasteiger partial charge in [0.05, 0.1) is 24.8 Å². The maximum Gasteiger partial charge on any atom is 1.00 e. The quantitative estimate of drug-likeness (QED) is 0.329. The van der Waals surface area contributed by atoms with E-state index < -0.39 is 37.3 Å². The molecule has 0 aliphatic heterocycles. The number of carbonyl (C=O) groups is 1. The molecule has 0 rings (SSSR count). The monoisotopic (exact) mass is 202 g/mol. The van der Waals surface area contributed by atoms with Crippen LogP contribution in [0.1, 0.15) is 6.42 Å². The third-order valence-electron chi connectivity index (χ3n) is 1.37. The number of hydrogen-bond donors (Lipinski definition) is 4. The minimum Gasteiger partial charge on any atom is -0.547 e. The van der Waals surface area contributed by atoms with Gasteiger partial charge in [0, 0.05) is 6.42 Å². The molecule has 3 unspecified atom stereocenters. The largest absolute Gasteiger partial charge is 1.00 e. The number of aliphatic hydroxyl groups is 4. The Morgan fingerprint density at radius 1 is 1.23 bits per heavy atom. The van der Waals surface area contributed by atoms with Crippen LogP contribution in [0.2, 0.25) is 0 Å².